The average molecular weight is 248 g/mol. The van der Waals surface area contributed by atoms with Gasteiger partial charge in [0.1, 0.15) is 0 Å². The zero-order valence-electron chi connectivity index (χ0n) is 10.8. The molecule has 0 saturated carbocycles. The summed E-state index contributed by atoms with van der Waals surface area (Å²) >= 11 is 0. The van der Waals surface area contributed by atoms with Gasteiger partial charge in [-0.05, 0) is 31.0 Å². The summed E-state index contributed by atoms with van der Waals surface area (Å²) in [5.41, 5.74) is 7.17. The molecule has 0 fully saturated rings. The molecule has 5 heteroatoms. The van der Waals surface area contributed by atoms with Gasteiger partial charge in [-0.25, -0.2) is 4.79 Å². The Hall–Kier alpha value is -2.04. The molecule has 0 bridgehead atoms. The van der Waals surface area contributed by atoms with Crippen molar-refractivity contribution in [1.29, 1.82) is 5.41 Å². The normalized spacial score (nSPS) is 11.7. The maximum Gasteiger partial charge on any atom is 0.319 e. The number of urea groups is 1. The lowest BCUT2D eigenvalue weighted by atomic mass is 10.1. The van der Waals surface area contributed by atoms with Crippen LogP contribution in [0, 0.1) is 12.3 Å². The van der Waals surface area contributed by atoms with E-state index in [0.717, 1.165) is 17.7 Å². The fourth-order valence-electron chi connectivity index (χ4n) is 1.64. The molecule has 1 rings (SSSR count). The van der Waals surface area contributed by atoms with Gasteiger partial charge in [0, 0.05) is 18.2 Å². The molecular formula is C13H20N4O. The predicted octanol–water partition coefficient (Wildman–Crippen LogP) is 2.22. The average Bonchev–Trinajstić information content (AvgIpc) is 2.27. The first-order chi connectivity index (χ1) is 8.51. The van der Waals surface area contributed by atoms with Crippen LogP contribution in [0.3, 0.4) is 0 Å². The van der Waals surface area contributed by atoms with Crippen molar-refractivity contribution in [3.05, 3.63) is 29.8 Å². The Labute approximate surface area is 107 Å². The number of aryl methyl sites for hydroxylation is 1. The molecule has 0 heterocycles. The van der Waals surface area contributed by atoms with Gasteiger partial charge < -0.3 is 16.4 Å². The van der Waals surface area contributed by atoms with Crippen molar-refractivity contribution < 1.29 is 4.79 Å². The number of carbonyl (C=O) groups excluding carboxylic acids is 1. The highest BCUT2D eigenvalue weighted by molar-refractivity contribution is 5.90. The third-order valence-corrected chi connectivity index (χ3v) is 2.57. The van der Waals surface area contributed by atoms with Crippen molar-refractivity contribution in [2.75, 3.05) is 5.32 Å². The molecule has 0 radical (unpaired) electrons. The molecule has 0 aliphatic heterocycles. The first kappa shape index (κ1) is 14.0. The number of hydrogen-bond donors (Lipinski definition) is 4. The zero-order chi connectivity index (χ0) is 13.5. The molecule has 0 saturated heterocycles. The molecule has 0 aliphatic rings. The first-order valence-electron chi connectivity index (χ1n) is 5.98. The first-order valence-corrected chi connectivity index (χ1v) is 5.98. The third kappa shape index (κ3) is 4.86. The summed E-state index contributed by atoms with van der Waals surface area (Å²) in [7, 11) is 0. The van der Waals surface area contributed by atoms with E-state index in [1.54, 1.807) is 0 Å². The summed E-state index contributed by atoms with van der Waals surface area (Å²) in [6.07, 6.45) is 1.11. The Kier molecular flexibility index (Phi) is 5.17. The summed E-state index contributed by atoms with van der Waals surface area (Å²) < 4.78 is 0. The van der Waals surface area contributed by atoms with E-state index >= 15 is 0 Å². The molecule has 98 valence electrons. The fourth-order valence-corrected chi connectivity index (χ4v) is 1.64. The van der Waals surface area contributed by atoms with Crippen LogP contribution in [0.25, 0.3) is 0 Å². The van der Waals surface area contributed by atoms with Crippen molar-refractivity contribution in [3.8, 4) is 0 Å². The molecule has 1 unspecified atom stereocenters. The minimum absolute atomic E-state index is 0.0812. The van der Waals surface area contributed by atoms with Gasteiger partial charge in [0.05, 0.1) is 5.84 Å². The highest BCUT2D eigenvalue weighted by Gasteiger charge is 2.11. The second kappa shape index (κ2) is 6.64. The fraction of sp³-hybridized carbons (Fsp3) is 0.385. The summed E-state index contributed by atoms with van der Waals surface area (Å²) in [6, 6.07) is 7.20. The van der Waals surface area contributed by atoms with E-state index in [4.69, 9.17) is 11.1 Å². The van der Waals surface area contributed by atoms with Crippen LogP contribution in [0.1, 0.15) is 25.3 Å². The van der Waals surface area contributed by atoms with Gasteiger partial charge in [-0.1, -0.05) is 19.1 Å². The van der Waals surface area contributed by atoms with Gasteiger partial charge >= 0.3 is 6.03 Å². The molecular weight excluding hydrogens is 228 g/mol. The lowest BCUT2D eigenvalue weighted by Gasteiger charge is -2.16. The molecule has 5 N–H and O–H groups in total. The van der Waals surface area contributed by atoms with Crippen LogP contribution in [0.4, 0.5) is 10.5 Å². The van der Waals surface area contributed by atoms with Gasteiger partial charge in [0.2, 0.25) is 0 Å². The minimum Gasteiger partial charge on any atom is -0.388 e. The van der Waals surface area contributed by atoms with E-state index < -0.39 is 0 Å². The Balaban J connectivity index is 2.52. The van der Waals surface area contributed by atoms with Crippen molar-refractivity contribution >= 4 is 17.6 Å². The van der Waals surface area contributed by atoms with Crippen LogP contribution in [-0.2, 0) is 0 Å². The number of hydrogen-bond acceptors (Lipinski definition) is 2. The molecule has 2 amide bonds. The number of amidine groups is 1. The topological polar surface area (TPSA) is 91.0 Å². The van der Waals surface area contributed by atoms with E-state index in [-0.39, 0.29) is 17.9 Å². The second-order valence-electron chi connectivity index (χ2n) is 4.30. The number of carbonyl (C=O) groups is 1. The number of rotatable bonds is 5. The van der Waals surface area contributed by atoms with Crippen LogP contribution < -0.4 is 16.4 Å². The highest BCUT2D eigenvalue weighted by atomic mass is 16.2. The summed E-state index contributed by atoms with van der Waals surface area (Å²) in [5.74, 6) is 0.0812. The Morgan fingerprint density at radius 2 is 2.22 bits per heavy atom. The van der Waals surface area contributed by atoms with Gasteiger partial charge in [0.15, 0.2) is 0 Å². The maximum atomic E-state index is 11.7. The van der Waals surface area contributed by atoms with Crippen molar-refractivity contribution in [1.82, 2.24) is 5.32 Å². The van der Waals surface area contributed by atoms with Crippen LogP contribution in [0.2, 0.25) is 0 Å². The number of benzene rings is 1. The summed E-state index contributed by atoms with van der Waals surface area (Å²) in [4.78, 5) is 11.7. The van der Waals surface area contributed by atoms with Crippen LogP contribution in [-0.4, -0.2) is 17.9 Å². The van der Waals surface area contributed by atoms with Crippen molar-refractivity contribution in [3.63, 3.8) is 0 Å². The largest absolute Gasteiger partial charge is 0.388 e. The molecule has 5 nitrogen and oxygen atoms in total. The number of nitrogens with two attached hydrogens (primary N) is 1. The minimum atomic E-state index is -0.270. The maximum absolute atomic E-state index is 11.7. The van der Waals surface area contributed by atoms with E-state index in [0.29, 0.717) is 6.42 Å². The Morgan fingerprint density at radius 1 is 1.50 bits per heavy atom. The van der Waals surface area contributed by atoms with Gasteiger partial charge in [-0.3, -0.25) is 5.41 Å². The van der Waals surface area contributed by atoms with E-state index in [1.165, 1.54) is 0 Å². The predicted molar refractivity (Wildman–Crippen MR) is 73.9 cm³/mol. The number of amides is 2. The molecule has 0 aliphatic carbocycles. The SMILES string of the molecule is CCC(CC(=N)N)NC(=O)Nc1cccc(C)c1. The second-order valence-corrected chi connectivity index (χ2v) is 4.30. The Bertz CT molecular complexity index is 431. The van der Waals surface area contributed by atoms with Crippen LogP contribution >= 0.6 is 0 Å². The van der Waals surface area contributed by atoms with E-state index in [2.05, 4.69) is 10.6 Å². The lowest BCUT2D eigenvalue weighted by Crippen LogP contribution is -2.39. The van der Waals surface area contributed by atoms with Gasteiger partial charge in [0.25, 0.3) is 0 Å². The molecule has 1 atom stereocenters. The third-order valence-electron chi connectivity index (χ3n) is 2.57. The summed E-state index contributed by atoms with van der Waals surface area (Å²) in [6.45, 7) is 3.91. The zero-order valence-corrected chi connectivity index (χ0v) is 10.8. The summed E-state index contributed by atoms with van der Waals surface area (Å²) in [5, 5.41) is 12.8. The quantitative estimate of drug-likeness (QED) is 0.475. The molecule has 1 aromatic rings. The number of anilines is 1. The molecule has 0 spiro atoms. The van der Waals surface area contributed by atoms with E-state index in [1.807, 2.05) is 38.1 Å². The standard InChI is InChI=1S/C13H20N4O/c1-3-10(8-12(14)15)16-13(18)17-11-6-4-5-9(2)7-11/h4-7,10H,3,8H2,1-2H3,(H3,14,15)(H2,16,17,18). The molecule has 18 heavy (non-hydrogen) atoms. The Morgan fingerprint density at radius 3 is 2.78 bits per heavy atom. The highest BCUT2D eigenvalue weighted by Crippen LogP contribution is 2.09. The smallest absolute Gasteiger partial charge is 0.319 e. The van der Waals surface area contributed by atoms with Crippen LogP contribution in [0.15, 0.2) is 24.3 Å². The molecule has 1 aromatic carbocycles. The van der Waals surface area contributed by atoms with Gasteiger partial charge in [-0.2, -0.15) is 0 Å². The van der Waals surface area contributed by atoms with Crippen molar-refractivity contribution in [2.45, 2.75) is 32.7 Å². The van der Waals surface area contributed by atoms with Crippen LogP contribution in [0.5, 0.6) is 0 Å². The lowest BCUT2D eigenvalue weighted by molar-refractivity contribution is 0.248. The van der Waals surface area contributed by atoms with E-state index in [9.17, 15) is 4.79 Å². The van der Waals surface area contributed by atoms with Gasteiger partial charge in [-0.15, -0.1) is 0 Å². The molecule has 0 aromatic heterocycles. The number of nitrogens with one attached hydrogen (secondary N) is 3. The van der Waals surface area contributed by atoms with Crippen molar-refractivity contribution in [2.24, 2.45) is 5.73 Å². The monoisotopic (exact) mass is 248 g/mol.